The summed E-state index contributed by atoms with van der Waals surface area (Å²) in [6.07, 6.45) is 6.33. The van der Waals surface area contributed by atoms with E-state index in [4.69, 9.17) is 4.42 Å². The fourth-order valence-corrected chi connectivity index (χ4v) is 2.18. The number of nitrogens with one attached hydrogen (secondary N) is 1. The van der Waals surface area contributed by atoms with Crippen molar-refractivity contribution in [3.05, 3.63) is 24.2 Å². The SMILES string of the molecule is CC(C)CN(CCNCc1ccoc1)C1CC1. The Labute approximate surface area is 104 Å². The third-order valence-corrected chi connectivity index (χ3v) is 3.15. The number of hydrogen-bond acceptors (Lipinski definition) is 3. The average Bonchev–Trinajstić information content (AvgIpc) is 3.00. The Morgan fingerprint density at radius 2 is 2.29 bits per heavy atom. The smallest absolute Gasteiger partial charge is 0.0947 e. The molecule has 0 aromatic carbocycles. The first kappa shape index (κ1) is 12.7. The van der Waals surface area contributed by atoms with Crippen LogP contribution in [0.25, 0.3) is 0 Å². The van der Waals surface area contributed by atoms with Crippen molar-refractivity contribution >= 4 is 0 Å². The molecule has 1 aliphatic rings. The maximum absolute atomic E-state index is 5.04. The summed E-state index contributed by atoms with van der Waals surface area (Å²) in [4.78, 5) is 2.63. The van der Waals surface area contributed by atoms with Crippen LogP contribution >= 0.6 is 0 Å². The predicted octanol–water partition coefficient (Wildman–Crippen LogP) is 2.49. The Hall–Kier alpha value is -0.800. The molecule has 0 aliphatic heterocycles. The van der Waals surface area contributed by atoms with E-state index < -0.39 is 0 Å². The van der Waals surface area contributed by atoms with Gasteiger partial charge in [0.1, 0.15) is 0 Å². The molecule has 0 spiro atoms. The first-order chi connectivity index (χ1) is 8.25. The fourth-order valence-electron chi connectivity index (χ4n) is 2.18. The maximum Gasteiger partial charge on any atom is 0.0947 e. The Balaban J connectivity index is 1.62. The minimum absolute atomic E-state index is 0.768. The highest BCUT2D eigenvalue weighted by atomic mass is 16.3. The zero-order chi connectivity index (χ0) is 12.1. The Morgan fingerprint density at radius 3 is 2.88 bits per heavy atom. The van der Waals surface area contributed by atoms with Gasteiger partial charge in [-0.15, -0.1) is 0 Å². The van der Waals surface area contributed by atoms with E-state index in [2.05, 4.69) is 24.1 Å². The summed E-state index contributed by atoms with van der Waals surface area (Å²) in [7, 11) is 0. The number of hydrogen-bond donors (Lipinski definition) is 1. The zero-order valence-corrected chi connectivity index (χ0v) is 11.0. The third-order valence-electron chi connectivity index (χ3n) is 3.15. The average molecular weight is 236 g/mol. The molecule has 1 N–H and O–H groups in total. The summed E-state index contributed by atoms with van der Waals surface area (Å²) in [6, 6.07) is 2.88. The van der Waals surface area contributed by atoms with Gasteiger partial charge in [-0.25, -0.2) is 0 Å². The highest BCUT2D eigenvalue weighted by Crippen LogP contribution is 2.26. The van der Waals surface area contributed by atoms with Crippen molar-refractivity contribution in [1.29, 1.82) is 0 Å². The van der Waals surface area contributed by atoms with Gasteiger partial charge in [-0.3, -0.25) is 4.90 Å². The van der Waals surface area contributed by atoms with Gasteiger partial charge in [0.25, 0.3) is 0 Å². The Bertz CT molecular complexity index is 304. The monoisotopic (exact) mass is 236 g/mol. The Morgan fingerprint density at radius 1 is 1.47 bits per heavy atom. The standard InChI is InChI=1S/C14H24N2O/c1-12(2)10-16(14-3-4-14)7-6-15-9-13-5-8-17-11-13/h5,8,11-12,14-15H,3-4,6-7,9-10H2,1-2H3. The molecule has 0 radical (unpaired) electrons. The van der Waals surface area contributed by atoms with E-state index in [1.54, 1.807) is 12.5 Å². The lowest BCUT2D eigenvalue weighted by Gasteiger charge is -2.24. The van der Waals surface area contributed by atoms with Crippen LogP contribution in [0.5, 0.6) is 0 Å². The summed E-state index contributed by atoms with van der Waals surface area (Å²) in [5.74, 6) is 0.768. The molecule has 96 valence electrons. The number of furan rings is 1. The van der Waals surface area contributed by atoms with Gasteiger partial charge in [-0.1, -0.05) is 13.8 Å². The molecule has 3 heteroatoms. The van der Waals surface area contributed by atoms with Crippen molar-refractivity contribution in [3.8, 4) is 0 Å². The van der Waals surface area contributed by atoms with Crippen LogP contribution in [0.3, 0.4) is 0 Å². The molecule has 3 nitrogen and oxygen atoms in total. The van der Waals surface area contributed by atoms with Crippen LogP contribution in [0.4, 0.5) is 0 Å². The van der Waals surface area contributed by atoms with Gasteiger partial charge >= 0.3 is 0 Å². The largest absolute Gasteiger partial charge is 0.472 e. The molecule has 0 unspecified atom stereocenters. The second kappa shape index (κ2) is 6.22. The number of rotatable bonds is 8. The molecule has 1 saturated carbocycles. The molecular formula is C14H24N2O. The maximum atomic E-state index is 5.04. The molecule has 1 aromatic heterocycles. The molecule has 0 saturated heterocycles. The molecule has 1 heterocycles. The van der Waals surface area contributed by atoms with Crippen molar-refractivity contribution in [1.82, 2.24) is 10.2 Å². The van der Waals surface area contributed by atoms with Gasteiger partial charge in [0.15, 0.2) is 0 Å². The van der Waals surface area contributed by atoms with E-state index >= 15 is 0 Å². The minimum atomic E-state index is 0.768. The summed E-state index contributed by atoms with van der Waals surface area (Å²) in [6.45, 7) is 8.98. The number of nitrogens with zero attached hydrogens (tertiary/aromatic N) is 1. The van der Waals surface area contributed by atoms with Crippen LogP contribution < -0.4 is 5.32 Å². The van der Waals surface area contributed by atoms with Crippen LogP contribution in [-0.4, -0.2) is 30.6 Å². The predicted molar refractivity (Wildman–Crippen MR) is 69.8 cm³/mol. The molecule has 17 heavy (non-hydrogen) atoms. The normalized spacial score (nSPS) is 16.0. The molecule has 1 aliphatic carbocycles. The second-order valence-corrected chi connectivity index (χ2v) is 5.43. The van der Waals surface area contributed by atoms with Crippen molar-refractivity contribution in [3.63, 3.8) is 0 Å². The van der Waals surface area contributed by atoms with Gasteiger partial charge < -0.3 is 9.73 Å². The van der Waals surface area contributed by atoms with Gasteiger partial charge in [0.05, 0.1) is 12.5 Å². The van der Waals surface area contributed by atoms with Gasteiger partial charge in [0, 0.05) is 37.8 Å². The molecule has 0 atom stereocenters. The topological polar surface area (TPSA) is 28.4 Å². The highest BCUT2D eigenvalue weighted by Gasteiger charge is 2.28. The van der Waals surface area contributed by atoms with Crippen LogP contribution in [0, 0.1) is 5.92 Å². The van der Waals surface area contributed by atoms with Gasteiger partial charge in [0.2, 0.25) is 0 Å². The summed E-state index contributed by atoms with van der Waals surface area (Å²) < 4.78 is 5.04. The summed E-state index contributed by atoms with van der Waals surface area (Å²) in [5, 5.41) is 3.47. The molecule has 2 rings (SSSR count). The quantitative estimate of drug-likeness (QED) is 0.703. The van der Waals surface area contributed by atoms with E-state index in [0.29, 0.717) is 0 Å². The zero-order valence-electron chi connectivity index (χ0n) is 11.0. The molecule has 1 aromatic rings. The summed E-state index contributed by atoms with van der Waals surface area (Å²) in [5.41, 5.74) is 1.23. The Kier molecular flexibility index (Phi) is 4.63. The van der Waals surface area contributed by atoms with Crippen molar-refractivity contribution in [2.75, 3.05) is 19.6 Å². The van der Waals surface area contributed by atoms with E-state index in [9.17, 15) is 0 Å². The molecule has 1 fully saturated rings. The lowest BCUT2D eigenvalue weighted by molar-refractivity contribution is 0.234. The van der Waals surface area contributed by atoms with Crippen LogP contribution in [0.2, 0.25) is 0 Å². The molecule has 0 amide bonds. The first-order valence-corrected chi connectivity index (χ1v) is 6.71. The summed E-state index contributed by atoms with van der Waals surface area (Å²) >= 11 is 0. The van der Waals surface area contributed by atoms with E-state index in [1.807, 2.05) is 6.07 Å². The minimum Gasteiger partial charge on any atom is -0.472 e. The highest BCUT2D eigenvalue weighted by molar-refractivity contribution is 5.04. The van der Waals surface area contributed by atoms with Crippen molar-refractivity contribution in [2.45, 2.75) is 39.3 Å². The van der Waals surface area contributed by atoms with Crippen LogP contribution in [0.15, 0.2) is 23.0 Å². The van der Waals surface area contributed by atoms with Crippen LogP contribution in [-0.2, 0) is 6.54 Å². The second-order valence-electron chi connectivity index (χ2n) is 5.43. The molecule has 0 bridgehead atoms. The van der Waals surface area contributed by atoms with E-state index in [0.717, 1.165) is 25.0 Å². The van der Waals surface area contributed by atoms with E-state index in [-0.39, 0.29) is 0 Å². The lowest BCUT2D eigenvalue weighted by atomic mass is 10.2. The fraction of sp³-hybridized carbons (Fsp3) is 0.714. The van der Waals surface area contributed by atoms with Gasteiger partial charge in [-0.05, 0) is 24.8 Å². The lowest BCUT2D eigenvalue weighted by Crippen LogP contribution is -2.36. The first-order valence-electron chi connectivity index (χ1n) is 6.71. The van der Waals surface area contributed by atoms with E-state index in [1.165, 1.54) is 31.5 Å². The van der Waals surface area contributed by atoms with Crippen molar-refractivity contribution < 1.29 is 4.42 Å². The molecular weight excluding hydrogens is 212 g/mol. The third kappa shape index (κ3) is 4.52. The van der Waals surface area contributed by atoms with Gasteiger partial charge in [-0.2, -0.15) is 0 Å². The van der Waals surface area contributed by atoms with Crippen LogP contribution in [0.1, 0.15) is 32.3 Å². The van der Waals surface area contributed by atoms with Crippen molar-refractivity contribution in [2.24, 2.45) is 5.92 Å².